The first-order valence-electron chi connectivity index (χ1n) is 9.98. The molecule has 1 aromatic heterocycles. The Morgan fingerprint density at radius 3 is 2.47 bits per heavy atom. The third-order valence-electron chi connectivity index (χ3n) is 4.40. The highest BCUT2D eigenvalue weighted by molar-refractivity contribution is 8.00. The third-order valence-corrected chi connectivity index (χ3v) is 5.77. The fraction of sp³-hybridized carbons (Fsp3) is 0.273. The van der Waals surface area contributed by atoms with E-state index < -0.39 is 23.0 Å². The molecular weight excluding hydrogens is 453 g/mol. The number of benzene rings is 2. The number of urea groups is 1. The molecule has 3 amide bonds. The molecule has 1 unspecified atom stereocenters. The van der Waals surface area contributed by atoms with Gasteiger partial charge in [-0.25, -0.2) is 9.18 Å². The third kappa shape index (κ3) is 5.66. The molecule has 0 aliphatic carbocycles. The van der Waals surface area contributed by atoms with E-state index in [1.165, 1.54) is 10.6 Å². The molecule has 7 nitrogen and oxygen atoms in total. The summed E-state index contributed by atoms with van der Waals surface area (Å²) in [4.78, 5) is 24.4. The van der Waals surface area contributed by atoms with Crippen molar-refractivity contribution in [3.05, 3.63) is 59.4 Å². The summed E-state index contributed by atoms with van der Waals surface area (Å²) >= 11 is 7.40. The highest BCUT2D eigenvalue weighted by Gasteiger charge is 2.24. The Hall–Kier alpha value is -2.91. The van der Waals surface area contributed by atoms with Crippen LogP contribution in [0.3, 0.4) is 0 Å². The van der Waals surface area contributed by atoms with Gasteiger partial charge in [0.1, 0.15) is 5.82 Å². The van der Waals surface area contributed by atoms with E-state index >= 15 is 0 Å². The van der Waals surface area contributed by atoms with Crippen LogP contribution in [0.15, 0.2) is 53.7 Å². The minimum absolute atomic E-state index is 0.220. The number of nitrogens with one attached hydrogen (secondary N) is 2. The van der Waals surface area contributed by atoms with Gasteiger partial charge in [-0.1, -0.05) is 61.5 Å². The van der Waals surface area contributed by atoms with Crippen molar-refractivity contribution < 1.29 is 14.0 Å². The fourth-order valence-corrected chi connectivity index (χ4v) is 3.86. The molecule has 0 aliphatic heterocycles. The summed E-state index contributed by atoms with van der Waals surface area (Å²) in [7, 11) is 0. The van der Waals surface area contributed by atoms with Gasteiger partial charge in [-0.3, -0.25) is 14.7 Å². The number of amides is 3. The molecule has 1 atom stereocenters. The minimum Gasteiger partial charge on any atom is -0.338 e. The van der Waals surface area contributed by atoms with Crippen molar-refractivity contribution >= 4 is 35.3 Å². The van der Waals surface area contributed by atoms with Crippen molar-refractivity contribution in [2.75, 3.05) is 6.54 Å². The predicted molar refractivity (Wildman–Crippen MR) is 123 cm³/mol. The van der Waals surface area contributed by atoms with Crippen LogP contribution in [-0.2, 0) is 4.79 Å². The normalized spacial score (nSPS) is 11.9. The van der Waals surface area contributed by atoms with Crippen molar-refractivity contribution in [1.29, 1.82) is 0 Å². The zero-order chi connectivity index (χ0) is 23.3. The molecule has 0 aliphatic rings. The van der Waals surface area contributed by atoms with Gasteiger partial charge < -0.3 is 5.32 Å². The zero-order valence-corrected chi connectivity index (χ0v) is 19.4. The molecule has 3 aromatic rings. The summed E-state index contributed by atoms with van der Waals surface area (Å²) in [5.74, 6) is -0.387. The monoisotopic (exact) mass is 475 g/mol. The van der Waals surface area contributed by atoms with Gasteiger partial charge in [0.25, 0.3) is 0 Å². The Labute approximate surface area is 194 Å². The van der Waals surface area contributed by atoms with E-state index in [4.69, 9.17) is 11.6 Å². The zero-order valence-electron chi connectivity index (χ0n) is 17.8. The number of nitrogens with zero attached hydrogens (tertiary/aromatic N) is 3. The number of imide groups is 1. The number of rotatable bonds is 7. The fourth-order valence-electron chi connectivity index (χ4n) is 2.78. The van der Waals surface area contributed by atoms with Crippen molar-refractivity contribution in [2.24, 2.45) is 5.92 Å². The van der Waals surface area contributed by atoms with Gasteiger partial charge in [-0.05, 0) is 37.1 Å². The van der Waals surface area contributed by atoms with Crippen molar-refractivity contribution in [3.8, 4) is 17.1 Å². The van der Waals surface area contributed by atoms with Gasteiger partial charge in [0.05, 0.1) is 16.0 Å². The summed E-state index contributed by atoms with van der Waals surface area (Å²) in [6, 6.07) is 12.7. The molecule has 3 rings (SSSR count). The maximum absolute atomic E-state index is 14.7. The summed E-state index contributed by atoms with van der Waals surface area (Å²) in [5.41, 5.74) is 0.791. The Kier molecular flexibility index (Phi) is 7.87. The van der Waals surface area contributed by atoms with Crippen molar-refractivity contribution in [3.63, 3.8) is 0 Å². The van der Waals surface area contributed by atoms with Gasteiger partial charge >= 0.3 is 6.03 Å². The number of halogens is 2. The lowest BCUT2D eigenvalue weighted by Gasteiger charge is -2.15. The van der Waals surface area contributed by atoms with Crippen molar-refractivity contribution in [2.45, 2.75) is 31.2 Å². The number of hydrogen-bond donors (Lipinski definition) is 2. The Morgan fingerprint density at radius 1 is 1.09 bits per heavy atom. The van der Waals surface area contributed by atoms with Gasteiger partial charge in [0, 0.05) is 12.1 Å². The summed E-state index contributed by atoms with van der Waals surface area (Å²) in [6.45, 7) is 5.98. The molecule has 1 heterocycles. The van der Waals surface area contributed by atoms with Crippen LogP contribution in [0, 0.1) is 11.7 Å². The maximum Gasteiger partial charge on any atom is 0.321 e. The van der Waals surface area contributed by atoms with E-state index in [2.05, 4.69) is 20.8 Å². The molecule has 0 spiro atoms. The molecular formula is C22H23ClFN5O2S. The lowest BCUT2D eigenvalue weighted by atomic mass is 10.2. The summed E-state index contributed by atoms with van der Waals surface area (Å²) in [6.07, 6.45) is 0. The van der Waals surface area contributed by atoms with Crippen LogP contribution in [-0.4, -0.2) is 38.5 Å². The number of hydrogen-bond acceptors (Lipinski definition) is 5. The van der Waals surface area contributed by atoms with Crippen LogP contribution in [0.4, 0.5) is 9.18 Å². The lowest BCUT2D eigenvalue weighted by molar-refractivity contribution is -0.119. The molecule has 2 N–H and O–H groups in total. The first kappa shape index (κ1) is 23.7. The van der Waals surface area contributed by atoms with Crippen LogP contribution in [0.1, 0.15) is 20.8 Å². The van der Waals surface area contributed by atoms with E-state index in [0.717, 1.165) is 11.8 Å². The predicted octanol–water partition coefficient (Wildman–Crippen LogP) is 4.69. The Balaban J connectivity index is 1.90. The number of aromatic nitrogens is 3. The SMILES string of the molecule is CC(C)CNC(=O)NC(=O)C(C)Sc1nnc(-c2ccccc2Cl)n1-c1ccccc1F. The van der Waals surface area contributed by atoms with Crippen LogP contribution in [0.5, 0.6) is 0 Å². The highest BCUT2D eigenvalue weighted by atomic mass is 35.5. The molecule has 10 heteroatoms. The van der Waals surface area contributed by atoms with E-state index in [1.807, 2.05) is 13.8 Å². The minimum atomic E-state index is -0.700. The van der Waals surface area contributed by atoms with Crippen LogP contribution < -0.4 is 10.6 Å². The Morgan fingerprint density at radius 2 is 1.78 bits per heavy atom. The first-order valence-corrected chi connectivity index (χ1v) is 11.2. The first-order chi connectivity index (χ1) is 15.3. The summed E-state index contributed by atoms with van der Waals surface area (Å²) in [5, 5.41) is 13.4. The second-order valence-electron chi connectivity index (χ2n) is 7.43. The molecule has 0 radical (unpaired) electrons. The molecule has 168 valence electrons. The molecule has 0 saturated heterocycles. The number of carbonyl (C=O) groups is 2. The quantitative estimate of drug-likeness (QED) is 0.484. The lowest BCUT2D eigenvalue weighted by Crippen LogP contribution is -2.43. The van der Waals surface area contributed by atoms with Crippen LogP contribution >= 0.6 is 23.4 Å². The van der Waals surface area contributed by atoms with E-state index in [0.29, 0.717) is 23.0 Å². The van der Waals surface area contributed by atoms with Crippen LogP contribution in [0.2, 0.25) is 5.02 Å². The van der Waals surface area contributed by atoms with Gasteiger partial charge in [0.2, 0.25) is 5.91 Å². The van der Waals surface area contributed by atoms with Gasteiger partial charge in [-0.15, -0.1) is 10.2 Å². The summed E-state index contributed by atoms with van der Waals surface area (Å²) < 4.78 is 16.2. The number of thioether (sulfide) groups is 1. The Bertz CT molecular complexity index is 1120. The molecule has 0 fully saturated rings. The van der Waals surface area contributed by atoms with E-state index in [9.17, 15) is 14.0 Å². The molecule has 2 aromatic carbocycles. The number of para-hydroxylation sites is 1. The van der Waals surface area contributed by atoms with Crippen LogP contribution in [0.25, 0.3) is 17.1 Å². The number of carbonyl (C=O) groups excluding carboxylic acids is 2. The van der Waals surface area contributed by atoms with E-state index in [-0.39, 0.29) is 16.8 Å². The molecule has 0 saturated carbocycles. The highest BCUT2D eigenvalue weighted by Crippen LogP contribution is 2.33. The average molecular weight is 476 g/mol. The molecule has 0 bridgehead atoms. The maximum atomic E-state index is 14.7. The van der Waals surface area contributed by atoms with Gasteiger partial charge in [0.15, 0.2) is 11.0 Å². The van der Waals surface area contributed by atoms with Gasteiger partial charge in [-0.2, -0.15) is 0 Å². The largest absolute Gasteiger partial charge is 0.338 e. The molecule has 32 heavy (non-hydrogen) atoms. The standard InChI is InChI=1S/C22H23ClFN5O2S/c1-13(2)12-25-21(31)26-20(30)14(3)32-22-28-27-19(15-8-4-5-9-16(15)23)29(22)18-11-7-6-10-17(18)24/h4-11,13-14H,12H2,1-3H3,(H2,25,26,30,31). The average Bonchev–Trinajstić information content (AvgIpc) is 3.15. The van der Waals surface area contributed by atoms with E-state index in [1.54, 1.807) is 49.4 Å². The second kappa shape index (κ2) is 10.6. The topological polar surface area (TPSA) is 88.9 Å². The second-order valence-corrected chi connectivity index (χ2v) is 9.14. The smallest absolute Gasteiger partial charge is 0.321 e. The van der Waals surface area contributed by atoms with Crippen molar-refractivity contribution in [1.82, 2.24) is 25.4 Å².